The molecule has 0 saturated heterocycles. The van der Waals surface area contributed by atoms with Crippen LogP contribution in [-0.2, 0) is 0 Å². The second-order valence-electron chi connectivity index (χ2n) is 4.24. The van der Waals surface area contributed by atoms with Crippen LogP contribution in [0, 0.1) is 5.92 Å². The van der Waals surface area contributed by atoms with Crippen LogP contribution in [0.4, 0.5) is 12.9 Å². The van der Waals surface area contributed by atoms with Crippen LogP contribution >= 0.6 is 0 Å². The van der Waals surface area contributed by atoms with Gasteiger partial charge in [-0.2, -0.15) is 0 Å². The average molecular weight is 275 g/mol. The van der Waals surface area contributed by atoms with Crippen molar-refractivity contribution in [3.63, 3.8) is 0 Å². The molecule has 0 heterocycles. The zero-order valence-corrected chi connectivity index (χ0v) is 14.6. The van der Waals surface area contributed by atoms with Gasteiger partial charge in [0.05, 0.1) is 0 Å². The molecule has 0 saturated carbocycles. The minimum atomic E-state index is -4.89. The van der Waals surface area contributed by atoms with Gasteiger partial charge in [0.25, 0.3) is 0 Å². The molecule has 0 spiro atoms. The normalized spacial score (nSPS) is 11.8. The second kappa shape index (κ2) is 10.0. The molecule has 17 heavy (non-hydrogen) atoms. The van der Waals surface area contributed by atoms with Crippen molar-refractivity contribution in [2.45, 2.75) is 33.6 Å². The zero-order chi connectivity index (χ0) is 12.8. The summed E-state index contributed by atoms with van der Waals surface area (Å²) in [5, 5.41) is 0. The quantitative estimate of drug-likeness (QED) is 0.589. The van der Waals surface area contributed by atoms with Gasteiger partial charge in [0.2, 0.25) is 0 Å². The molecule has 0 atom stereocenters. The summed E-state index contributed by atoms with van der Waals surface area (Å²) in [5.74, 6) is 0.480. The predicted octanol–water partition coefficient (Wildman–Crippen LogP) is 0.691. The summed E-state index contributed by atoms with van der Waals surface area (Å²) in [6.45, 7) is 5.61. The van der Waals surface area contributed by atoms with Crippen molar-refractivity contribution in [3.8, 4) is 0 Å². The van der Waals surface area contributed by atoms with E-state index in [-0.39, 0.29) is 57.9 Å². The van der Waals surface area contributed by atoms with Gasteiger partial charge >= 0.3 is 58.4 Å². The van der Waals surface area contributed by atoms with Gasteiger partial charge in [-0.15, -0.1) is 12.1 Å². The van der Waals surface area contributed by atoms with Crippen LogP contribution in [0.1, 0.15) is 33.6 Å². The van der Waals surface area contributed by atoms with Gasteiger partial charge < -0.3 is 17.8 Å². The summed E-state index contributed by atoms with van der Waals surface area (Å²) in [5.41, 5.74) is -0.590. The molecule has 0 unspecified atom stereocenters. The van der Waals surface area contributed by atoms with E-state index < -0.39 is 12.4 Å². The Morgan fingerprint density at radius 2 is 1.65 bits per heavy atom. The standard InChI is InChI=1S/C11H22BF3N.K/c1-5-11(6-2)9-16(7-3)8-10(4)12(13,14)15;/h11H,4-9H2,1-3H3;/q-1;+1. The summed E-state index contributed by atoms with van der Waals surface area (Å²) in [6.07, 6.45) is 2.02. The molecule has 0 aromatic heterocycles. The summed E-state index contributed by atoms with van der Waals surface area (Å²) in [4.78, 5) is 1.83. The van der Waals surface area contributed by atoms with E-state index in [2.05, 4.69) is 20.4 Å². The molecule has 0 aliphatic heterocycles. The zero-order valence-electron chi connectivity index (χ0n) is 11.5. The molecule has 0 aliphatic rings. The van der Waals surface area contributed by atoms with E-state index in [4.69, 9.17) is 0 Å². The molecule has 0 aliphatic carbocycles. The summed E-state index contributed by atoms with van der Waals surface area (Å²) < 4.78 is 37.2. The number of rotatable bonds is 8. The van der Waals surface area contributed by atoms with Crippen LogP contribution in [-0.4, -0.2) is 31.5 Å². The van der Waals surface area contributed by atoms with E-state index in [0.717, 1.165) is 19.4 Å². The number of likely N-dealkylation sites (N-methyl/N-ethyl adjacent to an activating group) is 1. The van der Waals surface area contributed by atoms with Crippen molar-refractivity contribution in [1.29, 1.82) is 0 Å². The van der Waals surface area contributed by atoms with Crippen LogP contribution in [0.5, 0.6) is 0 Å². The van der Waals surface area contributed by atoms with Crippen LogP contribution in [0.2, 0.25) is 0 Å². The fourth-order valence-electron chi connectivity index (χ4n) is 1.61. The van der Waals surface area contributed by atoms with Crippen molar-refractivity contribution >= 4 is 6.98 Å². The Bertz CT molecular complexity index is 217. The number of halogens is 3. The van der Waals surface area contributed by atoms with Crippen LogP contribution in [0.25, 0.3) is 0 Å². The molecule has 1 nitrogen and oxygen atoms in total. The molecule has 6 heteroatoms. The van der Waals surface area contributed by atoms with E-state index in [1.165, 1.54) is 0 Å². The smallest absolute Gasteiger partial charge is 0.445 e. The van der Waals surface area contributed by atoms with Crippen molar-refractivity contribution in [1.82, 2.24) is 4.90 Å². The molecule has 0 rings (SSSR count). The minimum absolute atomic E-state index is 0. The SMILES string of the molecule is C=C(CN(CC)CC(CC)CC)[B-](F)(F)F.[K+]. The third-order valence-corrected chi connectivity index (χ3v) is 3.01. The van der Waals surface area contributed by atoms with E-state index in [9.17, 15) is 12.9 Å². The van der Waals surface area contributed by atoms with E-state index >= 15 is 0 Å². The topological polar surface area (TPSA) is 3.24 Å². The molecule has 0 bridgehead atoms. The first-order valence-electron chi connectivity index (χ1n) is 5.95. The van der Waals surface area contributed by atoms with Crippen LogP contribution in [0.3, 0.4) is 0 Å². The van der Waals surface area contributed by atoms with Crippen LogP contribution in [0.15, 0.2) is 12.1 Å². The summed E-state index contributed by atoms with van der Waals surface area (Å²) in [7, 11) is 0. The van der Waals surface area contributed by atoms with E-state index in [1.54, 1.807) is 0 Å². The molecule has 0 radical (unpaired) electrons. The van der Waals surface area contributed by atoms with E-state index in [1.807, 2.05) is 11.8 Å². The monoisotopic (exact) mass is 275 g/mol. The van der Waals surface area contributed by atoms with Crippen molar-refractivity contribution in [3.05, 3.63) is 12.1 Å². The summed E-state index contributed by atoms with van der Waals surface area (Å²) in [6, 6.07) is 0. The molecular formula is C11H22BF3KN. The first kappa shape index (κ1) is 20.5. The predicted molar refractivity (Wildman–Crippen MR) is 64.4 cm³/mol. The Morgan fingerprint density at radius 1 is 1.18 bits per heavy atom. The molecule has 0 aromatic carbocycles. The Kier molecular flexibility index (Phi) is 12.1. The first-order valence-corrected chi connectivity index (χ1v) is 5.95. The van der Waals surface area contributed by atoms with Crippen molar-refractivity contribution in [2.75, 3.05) is 19.6 Å². The minimum Gasteiger partial charge on any atom is -0.445 e. The van der Waals surface area contributed by atoms with Gasteiger partial charge in [0.1, 0.15) is 0 Å². The Hall–Kier alpha value is 1.19. The molecule has 0 amide bonds. The van der Waals surface area contributed by atoms with Crippen molar-refractivity contribution < 1.29 is 64.3 Å². The summed E-state index contributed by atoms with van der Waals surface area (Å²) >= 11 is 0. The largest absolute Gasteiger partial charge is 1.00 e. The third kappa shape index (κ3) is 8.83. The first-order chi connectivity index (χ1) is 7.35. The van der Waals surface area contributed by atoms with Gasteiger partial charge in [-0.25, -0.2) is 0 Å². The maximum atomic E-state index is 12.4. The number of nitrogens with zero attached hydrogens (tertiary/aromatic N) is 1. The molecule has 0 fully saturated rings. The average Bonchev–Trinajstić information content (AvgIpc) is 2.22. The number of hydrogen-bond acceptors (Lipinski definition) is 1. The fourth-order valence-corrected chi connectivity index (χ4v) is 1.61. The van der Waals surface area contributed by atoms with E-state index in [0.29, 0.717) is 12.5 Å². The van der Waals surface area contributed by atoms with Crippen LogP contribution < -0.4 is 51.4 Å². The second-order valence-corrected chi connectivity index (χ2v) is 4.24. The van der Waals surface area contributed by atoms with Gasteiger partial charge in [0.15, 0.2) is 0 Å². The van der Waals surface area contributed by atoms with Gasteiger partial charge in [0, 0.05) is 6.54 Å². The van der Waals surface area contributed by atoms with Gasteiger partial charge in [-0.05, 0) is 19.0 Å². The fraction of sp³-hybridized carbons (Fsp3) is 0.818. The molecular weight excluding hydrogens is 253 g/mol. The Labute approximate surface area is 146 Å². The van der Waals surface area contributed by atoms with Gasteiger partial charge in [-0.3, -0.25) is 0 Å². The maximum Gasteiger partial charge on any atom is 1.00 e. The Balaban J connectivity index is 0. The molecule has 0 N–H and O–H groups in total. The van der Waals surface area contributed by atoms with Gasteiger partial charge in [-0.1, -0.05) is 33.6 Å². The Morgan fingerprint density at radius 3 is 1.94 bits per heavy atom. The third-order valence-electron chi connectivity index (χ3n) is 3.01. The maximum absolute atomic E-state index is 12.4. The molecule has 0 aromatic rings. The number of hydrogen-bond donors (Lipinski definition) is 0. The molecule has 96 valence electrons. The van der Waals surface area contributed by atoms with Crippen molar-refractivity contribution in [2.24, 2.45) is 5.92 Å².